The van der Waals surface area contributed by atoms with E-state index in [1.165, 1.54) is 18.2 Å². The highest BCUT2D eigenvalue weighted by Crippen LogP contribution is 2.46. The normalized spacial score (nSPS) is 12.6. The molecule has 3 aromatic rings. The highest BCUT2D eigenvalue weighted by molar-refractivity contribution is 5.55. The fraction of sp³-hybridized carbons (Fsp3) is 0.280. The van der Waals surface area contributed by atoms with Crippen LogP contribution >= 0.6 is 0 Å². The van der Waals surface area contributed by atoms with Crippen molar-refractivity contribution in [1.29, 1.82) is 0 Å². The van der Waals surface area contributed by atoms with Crippen molar-refractivity contribution in [3.05, 3.63) is 81.9 Å². The van der Waals surface area contributed by atoms with E-state index >= 15 is 0 Å². The predicted octanol–water partition coefficient (Wildman–Crippen LogP) is 7.42. The Morgan fingerprint density at radius 2 is 1.56 bits per heavy atom. The summed E-state index contributed by atoms with van der Waals surface area (Å²) in [6.07, 6.45) is -3.37. The fourth-order valence-corrected chi connectivity index (χ4v) is 3.78. The van der Waals surface area contributed by atoms with Crippen LogP contribution in [0.25, 0.3) is 0 Å². The lowest BCUT2D eigenvalue weighted by atomic mass is 9.97. The zero-order chi connectivity index (χ0) is 24.6. The Morgan fingerprint density at radius 1 is 0.853 bits per heavy atom. The number of hydrogen-bond acceptors (Lipinski definition) is 3. The van der Waals surface area contributed by atoms with Gasteiger partial charge in [-0.2, -0.15) is 17.6 Å². The van der Waals surface area contributed by atoms with Crippen molar-refractivity contribution < 1.29 is 40.6 Å². The Bertz CT molecular complexity index is 1240. The maximum absolute atomic E-state index is 14.9. The molecule has 0 saturated heterocycles. The van der Waals surface area contributed by atoms with Crippen LogP contribution in [-0.4, -0.2) is 6.61 Å². The zero-order valence-corrected chi connectivity index (χ0v) is 18.3. The first-order valence-corrected chi connectivity index (χ1v) is 10.6. The van der Waals surface area contributed by atoms with E-state index in [4.69, 9.17) is 9.47 Å². The number of rotatable bonds is 7. The lowest BCUT2D eigenvalue weighted by Gasteiger charge is -2.25. The first kappa shape index (κ1) is 23.8. The number of aryl methyl sites for hydroxylation is 1. The molecule has 0 atom stereocenters. The van der Waals surface area contributed by atoms with Gasteiger partial charge < -0.3 is 14.2 Å². The highest BCUT2D eigenvalue weighted by Gasteiger charge is 2.42. The second-order valence-corrected chi connectivity index (χ2v) is 7.75. The lowest BCUT2D eigenvalue weighted by Crippen LogP contribution is -2.25. The second-order valence-electron chi connectivity index (χ2n) is 7.75. The van der Waals surface area contributed by atoms with Crippen molar-refractivity contribution >= 4 is 0 Å². The Balaban J connectivity index is 1.69. The Labute approximate surface area is 191 Å². The van der Waals surface area contributed by atoms with Crippen LogP contribution in [0, 0.1) is 23.3 Å². The van der Waals surface area contributed by atoms with Gasteiger partial charge in [-0.15, -0.1) is 0 Å². The van der Waals surface area contributed by atoms with Gasteiger partial charge in [0.05, 0.1) is 6.61 Å². The van der Waals surface area contributed by atoms with Crippen LogP contribution < -0.4 is 14.2 Å². The van der Waals surface area contributed by atoms with Gasteiger partial charge in [-0.25, -0.2) is 8.78 Å². The molecule has 0 amide bonds. The molecule has 180 valence electrons. The first-order chi connectivity index (χ1) is 16.2. The molecule has 34 heavy (non-hydrogen) atoms. The van der Waals surface area contributed by atoms with Crippen LogP contribution in [0.1, 0.15) is 42.5 Å². The van der Waals surface area contributed by atoms with Crippen LogP contribution in [0.3, 0.4) is 0 Å². The van der Waals surface area contributed by atoms with Crippen molar-refractivity contribution in [3.63, 3.8) is 0 Å². The summed E-state index contributed by atoms with van der Waals surface area (Å²) in [5.74, 6) is -7.69. The molecule has 1 aliphatic rings. The Morgan fingerprint density at radius 3 is 2.24 bits per heavy atom. The number of fused-ring (bicyclic) bond motifs is 2. The van der Waals surface area contributed by atoms with Crippen molar-refractivity contribution in [2.45, 2.75) is 39.2 Å². The van der Waals surface area contributed by atoms with E-state index in [0.717, 1.165) is 18.6 Å². The van der Waals surface area contributed by atoms with E-state index < -0.39 is 46.4 Å². The third kappa shape index (κ3) is 4.26. The monoisotopic (exact) mass is 482 g/mol. The number of hydrogen-bond donors (Lipinski definition) is 0. The van der Waals surface area contributed by atoms with Gasteiger partial charge in [0.25, 0.3) is 0 Å². The molecule has 9 heteroatoms. The molecule has 1 heterocycles. The molecule has 0 aromatic heterocycles. The molecular weight excluding hydrogens is 462 g/mol. The number of halogens is 6. The van der Waals surface area contributed by atoms with Gasteiger partial charge in [-0.1, -0.05) is 25.5 Å². The molecule has 0 bridgehead atoms. The van der Waals surface area contributed by atoms with Crippen molar-refractivity contribution in [2.75, 3.05) is 6.61 Å². The molecule has 0 saturated carbocycles. The minimum atomic E-state index is -4.41. The maximum Gasteiger partial charge on any atom is 0.429 e. The molecular formula is C25H20F6O3. The number of benzene rings is 3. The summed E-state index contributed by atoms with van der Waals surface area (Å²) >= 11 is 0. The largest absolute Gasteiger partial charge is 0.491 e. The van der Waals surface area contributed by atoms with E-state index in [2.05, 4.69) is 4.74 Å². The minimum absolute atomic E-state index is 0.144. The van der Waals surface area contributed by atoms with Crippen LogP contribution in [0.5, 0.6) is 23.0 Å². The SMILES string of the molecule is CCCc1ccc(OC(F)(F)c2cc3c(c(F)c2F)Oc2c(ccc(OCC)c2F)C3)c(F)c1. The summed E-state index contributed by atoms with van der Waals surface area (Å²) in [6.45, 7) is 3.67. The average molecular weight is 482 g/mol. The van der Waals surface area contributed by atoms with Crippen molar-refractivity contribution in [3.8, 4) is 23.0 Å². The Hall–Kier alpha value is -3.36. The van der Waals surface area contributed by atoms with E-state index in [0.29, 0.717) is 18.1 Å². The van der Waals surface area contributed by atoms with E-state index in [1.54, 1.807) is 6.92 Å². The Kier molecular flexibility index (Phi) is 6.38. The molecule has 0 radical (unpaired) electrons. The highest BCUT2D eigenvalue weighted by atomic mass is 19.3. The third-order valence-corrected chi connectivity index (χ3v) is 5.35. The van der Waals surface area contributed by atoms with Crippen molar-refractivity contribution in [1.82, 2.24) is 0 Å². The standard InChI is InChI=1S/C25H20F6O3/c1-3-5-13-6-8-18(17(26)10-13)34-25(30,31)16-12-15-11-14-7-9-19(32-4-2)21(28)23(14)33-24(15)22(29)20(16)27/h6-10,12H,3-5,11H2,1-2H3. The van der Waals surface area contributed by atoms with Gasteiger partial charge in [-0.3, -0.25) is 0 Å². The summed E-state index contributed by atoms with van der Waals surface area (Å²) in [6, 6.07) is 6.92. The molecule has 3 aromatic carbocycles. The second kappa shape index (κ2) is 9.12. The summed E-state index contributed by atoms with van der Waals surface area (Å²) < 4.78 is 103. The van der Waals surface area contributed by atoms with Gasteiger partial charge in [0, 0.05) is 17.5 Å². The van der Waals surface area contributed by atoms with Crippen LogP contribution in [0.15, 0.2) is 36.4 Å². The van der Waals surface area contributed by atoms with E-state index in [-0.39, 0.29) is 35.7 Å². The molecule has 0 unspecified atom stereocenters. The molecule has 0 spiro atoms. The van der Waals surface area contributed by atoms with Gasteiger partial charge in [0.15, 0.2) is 34.6 Å². The van der Waals surface area contributed by atoms with E-state index in [9.17, 15) is 26.3 Å². The van der Waals surface area contributed by atoms with Gasteiger partial charge >= 0.3 is 6.11 Å². The molecule has 3 nitrogen and oxygen atoms in total. The van der Waals surface area contributed by atoms with Gasteiger partial charge in [0.1, 0.15) is 5.56 Å². The zero-order valence-electron chi connectivity index (χ0n) is 18.3. The molecule has 4 rings (SSSR count). The van der Waals surface area contributed by atoms with E-state index in [1.807, 2.05) is 6.92 Å². The summed E-state index contributed by atoms with van der Waals surface area (Å²) in [5.41, 5.74) is -0.768. The predicted molar refractivity (Wildman–Crippen MR) is 112 cm³/mol. The molecule has 1 aliphatic heterocycles. The van der Waals surface area contributed by atoms with Gasteiger partial charge in [0.2, 0.25) is 11.6 Å². The number of alkyl halides is 2. The maximum atomic E-state index is 14.9. The number of ether oxygens (including phenoxy) is 3. The van der Waals surface area contributed by atoms with Crippen LogP contribution in [0.4, 0.5) is 26.3 Å². The smallest absolute Gasteiger partial charge is 0.429 e. The first-order valence-electron chi connectivity index (χ1n) is 10.6. The third-order valence-electron chi connectivity index (χ3n) is 5.35. The molecule has 0 aliphatic carbocycles. The molecule has 0 N–H and O–H groups in total. The minimum Gasteiger partial charge on any atom is -0.491 e. The van der Waals surface area contributed by atoms with Gasteiger partial charge in [-0.05, 0) is 43.2 Å². The van der Waals surface area contributed by atoms with Crippen LogP contribution in [0.2, 0.25) is 0 Å². The lowest BCUT2D eigenvalue weighted by molar-refractivity contribution is -0.189. The fourth-order valence-electron chi connectivity index (χ4n) is 3.78. The summed E-state index contributed by atoms with van der Waals surface area (Å²) in [4.78, 5) is 0. The summed E-state index contributed by atoms with van der Waals surface area (Å²) in [7, 11) is 0. The topological polar surface area (TPSA) is 27.7 Å². The molecule has 0 fully saturated rings. The average Bonchev–Trinajstić information content (AvgIpc) is 2.79. The van der Waals surface area contributed by atoms with Crippen LogP contribution in [-0.2, 0) is 19.0 Å². The quantitative estimate of drug-likeness (QED) is 0.257. The van der Waals surface area contributed by atoms with Crippen molar-refractivity contribution in [2.24, 2.45) is 0 Å². The summed E-state index contributed by atoms with van der Waals surface area (Å²) in [5, 5.41) is 0.